The average Bonchev–Trinajstić information content (AvgIpc) is 2.17. The van der Waals surface area contributed by atoms with Crippen molar-refractivity contribution in [3.8, 4) is 0 Å². The maximum Gasteiger partial charge on any atom is 0.237 e. The van der Waals surface area contributed by atoms with Crippen molar-refractivity contribution in [1.82, 2.24) is 9.62 Å². The summed E-state index contributed by atoms with van der Waals surface area (Å²) in [6.07, 6.45) is 0.539. The van der Waals surface area contributed by atoms with Gasteiger partial charge in [-0.05, 0) is 6.42 Å². The van der Waals surface area contributed by atoms with Crippen molar-refractivity contribution >= 4 is 15.9 Å². The van der Waals surface area contributed by atoms with Crippen LogP contribution in [0.15, 0.2) is 0 Å². The number of piperazine rings is 1. The Morgan fingerprint density at radius 1 is 1.60 bits per heavy atom. The highest BCUT2D eigenvalue weighted by atomic mass is 32.2. The van der Waals surface area contributed by atoms with E-state index in [-0.39, 0.29) is 5.75 Å². The number of nitrogens with one attached hydrogen (secondary N) is 1. The Morgan fingerprint density at radius 3 is 2.80 bits per heavy atom. The number of rotatable bonds is 4. The van der Waals surface area contributed by atoms with E-state index in [9.17, 15) is 13.2 Å². The minimum atomic E-state index is -3.34. The molecule has 0 aromatic rings. The number of amides is 1. The fraction of sp³-hybridized carbons (Fsp3) is 0.875. The summed E-state index contributed by atoms with van der Waals surface area (Å²) in [6, 6.07) is -0.740. The van der Waals surface area contributed by atoms with Gasteiger partial charge >= 0.3 is 0 Å². The van der Waals surface area contributed by atoms with Gasteiger partial charge in [0, 0.05) is 19.6 Å². The van der Waals surface area contributed by atoms with E-state index in [1.54, 1.807) is 6.92 Å². The molecule has 1 heterocycles. The fourth-order valence-corrected chi connectivity index (χ4v) is 3.32. The van der Waals surface area contributed by atoms with Crippen LogP contribution in [0.2, 0.25) is 0 Å². The Kier molecular flexibility index (Phi) is 4.06. The Morgan fingerprint density at radius 2 is 2.27 bits per heavy atom. The number of carbonyl (C=O) groups excluding carboxylic acids is 1. The van der Waals surface area contributed by atoms with E-state index in [2.05, 4.69) is 5.32 Å². The van der Waals surface area contributed by atoms with E-state index in [0.29, 0.717) is 26.1 Å². The average molecular weight is 235 g/mol. The van der Waals surface area contributed by atoms with Gasteiger partial charge in [0.05, 0.1) is 5.75 Å². The zero-order valence-corrected chi connectivity index (χ0v) is 9.59. The van der Waals surface area contributed by atoms with Gasteiger partial charge in [-0.2, -0.15) is 4.31 Å². The first-order chi connectivity index (χ1) is 6.99. The fourth-order valence-electron chi connectivity index (χ4n) is 1.64. The van der Waals surface area contributed by atoms with E-state index in [1.807, 2.05) is 0 Å². The van der Waals surface area contributed by atoms with Crippen LogP contribution < -0.4 is 11.1 Å². The molecule has 1 saturated heterocycles. The first-order valence-corrected chi connectivity index (χ1v) is 6.59. The van der Waals surface area contributed by atoms with Crippen LogP contribution in [0.1, 0.15) is 13.3 Å². The molecule has 0 bridgehead atoms. The lowest BCUT2D eigenvalue weighted by molar-refractivity contribution is -0.122. The number of hydrogen-bond acceptors (Lipinski definition) is 4. The highest BCUT2D eigenvalue weighted by Gasteiger charge is 2.34. The molecule has 88 valence electrons. The van der Waals surface area contributed by atoms with Crippen LogP contribution in [0.3, 0.4) is 0 Å². The van der Waals surface area contributed by atoms with Crippen LogP contribution in [-0.4, -0.2) is 50.1 Å². The molecule has 0 aromatic carbocycles. The zero-order valence-electron chi connectivity index (χ0n) is 8.77. The lowest BCUT2D eigenvalue weighted by Gasteiger charge is -2.32. The number of carbonyl (C=O) groups is 1. The van der Waals surface area contributed by atoms with Crippen molar-refractivity contribution in [2.45, 2.75) is 19.4 Å². The van der Waals surface area contributed by atoms with Gasteiger partial charge in [-0.25, -0.2) is 8.42 Å². The normalized spacial score (nSPS) is 23.9. The van der Waals surface area contributed by atoms with Gasteiger partial charge in [0.15, 0.2) is 0 Å². The number of hydrogen-bond donors (Lipinski definition) is 2. The molecule has 6 nitrogen and oxygen atoms in total. The summed E-state index contributed by atoms with van der Waals surface area (Å²) in [5.41, 5.74) is 5.17. The molecule has 7 heteroatoms. The summed E-state index contributed by atoms with van der Waals surface area (Å²) < 4.78 is 24.8. The molecule has 0 aliphatic carbocycles. The van der Waals surface area contributed by atoms with Gasteiger partial charge in [-0.1, -0.05) is 6.92 Å². The Balaban J connectivity index is 2.85. The molecule has 1 atom stereocenters. The van der Waals surface area contributed by atoms with Gasteiger partial charge in [0.2, 0.25) is 15.9 Å². The molecule has 1 aliphatic heterocycles. The number of primary amides is 1. The molecule has 1 aliphatic rings. The number of nitrogens with two attached hydrogens (primary N) is 1. The quantitative estimate of drug-likeness (QED) is 0.619. The number of nitrogens with zero attached hydrogens (tertiary/aromatic N) is 1. The lowest BCUT2D eigenvalue weighted by Crippen LogP contribution is -2.58. The minimum Gasteiger partial charge on any atom is -0.368 e. The summed E-state index contributed by atoms with van der Waals surface area (Å²) in [5, 5.41) is 2.95. The third-order valence-electron chi connectivity index (χ3n) is 2.34. The molecule has 15 heavy (non-hydrogen) atoms. The molecular formula is C8H17N3O3S. The first-order valence-electron chi connectivity index (χ1n) is 4.98. The van der Waals surface area contributed by atoms with Crippen LogP contribution in [0, 0.1) is 0 Å². The van der Waals surface area contributed by atoms with Gasteiger partial charge < -0.3 is 11.1 Å². The molecule has 1 unspecified atom stereocenters. The lowest BCUT2D eigenvalue weighted by atomic mass is 10.2. The molecule has 1 amide bonds. The molecule has 0 saturated carbocycles. The summed E-state index contributed by atoms with van der Waals surface area (Å²) in [5.74, 6) is -0.529. The van der Waals surface area contributed by atoms with Crippen molar-refractivity contribution in [2.75, 3.05) is 25.4 Å². The molecule has 1 fully saturated rings. The second-order valence-electron chi connectivity index (χ2n) is 3.55. The van der Waals surface area contributed by atoms with Crippen LogP contribution >= 0.6 is 0 Å². The van der Waals surface area contributed by atoms with Gasteiger partial charge in [0.1, 0.15) is 6.04 Å². The highest BCUT2D eigenvalue weighted by molar-refractivity contribution is 7.89. The monoisotopic (exact) mass is 235 g/mol. The van der Waals surface area contributed by atoms with E-state index < -0.39 is 22.0 Å². The largest absolute Gasteiger partial charge is 0.368 e. The molecule has 1 rings (SSSR count). The first kappa shape index (κ1) is 12.4. The predicted octanol–water partition coefficient (Wildman–Crippen LogP) is -1.51. The van der Waals surface area contributed by atoms with Crippen LogP contribution in [0.4, 0.5) is 0 Å². The van der Waals surface area contributed by atoms with Crippen molar-refractivity contribution in [3.63, 3.8) is 0 Å². The topological polar surface area (TPSA) is 92.5 Å². The smallest absolute Gasteiger partial charge is 0.237 e. The molecular weight excluding hydrogens is 218 g/mol. The SMILES string of the molecule is CCCS(=O)(=O)N1CCNCC1C(N)=O. The summed E-state index contributed by atoms with van der Waals surface area (Å²) >= 11 is 0. The Bertz CT molecular complexity index is 328. The van der Waals surface area contributed by atoms with E-state index in [1.165, 1.54) is 4.31 Å². The Labute approximate surface area is 89.9 Å². The standard InChI is InChI=1S/C8H17N3O3S/c1-2-5-15(13,14)11-4-3-10-6-7(11)8(9)12/h7,10H,2-6H2,1H3,(H2,9,12). The third-order valence-corrected chi connectivity index (χ3v) is 4.42. The Hall–Kier alpha value is -0.660. The zero-order chi connectivity index (χ0) is 11.5. The van der Waals surface area contributed by atoms with Crippen molar-refractivity contribution in [2.24, 2.45) is 5.73 Å². The molecule has 0 spiro atoms. The van der Waals surface area contributed by atoms with Crippen LogP contribution in [0.5, 0.6) is 0 Å². The van der Waals surface area contributed by atoms with Crippen molar-refractivity contribution in [3.05, 3.63) is 0 Å². The number of sulfonamides is 1. The summed E-state index contributed by atoms with van der Waals surface area (Å²) in [6.45, 7) is 2.97. The molecule has 0 radical (unpaired) electrons. The van der Waals surface area contributed by atoms with Gasteiger partial charge in [0.25, 0.3) is 0 Å². The van der Waals surface area contributed by atoms with E-state index in [4.69, 9.17) is 5.73 Å². The molecule has 0 aromatic heterocycles. The van der Waals surface area contributed by atoms with Crippen molar-refractivity contribution in [1.29, 1.82) is 0 Å². The van der Waals surface area contributed by atoms with Crippen molar-refractivity contribution < 1.29 is 13.2 Å². The van der Waals surface area contributed by atoms with Crippen LogP contribution in [0.25, 0.3) is 0 Å². The van der Waals surface area contributed by atoms with E-state index >= 15 is 0 Å². The second kappa shape index (κ2) is 4.91. The summed E-state index contributed by atoms with van der Waals surface area (Å²) in [7, 11) is -3.34. The maximum atomic E-state index is 11.8. The van der Waals surface area contributed by atoms with Gasteiger partial charge in [-0.3, -0.25) is 4.79 Å². The minimum absolute atomic E-state index is 0.0663. The summed E-state index contributed by atoms with van der Waals surface area (Å²) in [4.78, 5) is 11.1. The third kappa shape index (κ3) is 2.90. The van der Waals surface area contributed by atoms with Gasteiger partial charge in [-0.15, -0.1) is 0 Å². The maximum absolute atomic E-state index is 11.8. The predicted molar refractivity (Wildman–Crippen MR) is 56.6 cm³/mol. The molecule has 3 N–H and O–H groups in total. The van der Waals surface area contributed by atoms with Crippen LogP contribution in [-0.2, 0) is 14.8 Å². The highest BCUT2D eigenvalue weighted by Crippen LogP contribution is 2.11. The van der Waals surface area contributed by atoms with E-state index in [0.717, 1.165) is 0 Å². The second-order valence-corrected chi connectivity index (χ2v) is 5.59.